The average molecular weight is 467 g/mol. The van der Waals surface area contributed by atoms with Crippen molar-refractivity contribution in [2.75, 3.05) is 6.54 Å². The highest BCUT2D eigenvalue weighted by molar-refractivity contribution is 5.89. The van der Waals surface area contributed by atoms with Crippen molar-refractivity contribution >= 4 is 17.6 Å². The van der Waals surface area contributed by atoms with Gasteiger partial charge in [0.25, 0.3) is 0 Å². The summed E-state index contributed by atoms with van der Waals surface area (Å²) in [5, 5.41) is 3.00. The molecule has 0 saturated heterocycles. The Balaban J connectivity index is 4.20. The number of nitrogens with zero attached hydrogens (tertiary/aromatic N) is 1. The second-order valence-electron chi connectivity index (χ2n) is 9.48. The maximum absolute atomic E-state index is 12.8. The first-order valence-corrected chi connectivity index (χ1v) is 13.9. The van der Waals surface area contributed by atoms with E-state index in [2.05, 4.69) is 24.2 Å². The van der Waals surface area contributed by atoms with E-state index in [1.54, 1.807) is 0 Å². The summed E-state index contributed by atoms with van der Waals surface area (Å²) in [5.41, 5.74) is 10.8. The minimum Gasteiger partial charge on any atom is -0.370 e. The number of guanidine groups is 1. The lowest BCUT2D eigenvalue weighted by Crippen LogP contribution is -2.40. The van der Waals surface area contributed by atoms with Gasteiger partial charge >= 0.3 is 0 Å². The van der Waals surface area contributed by atoms with Gasteiger partial charge in [0.2, 0.25) is 5.91 Å². The number of hydrogen-bond acceptors (Lipinski definition) is 3. The second-order valence-corrected chi connectivity index (χ2v) is 9.48. The normalized spacial score (nSPS) is 11.8. The third-order valence-electron chi connectivity index (χ3n) is 6.20. The summed E-state index contributed by atoms with van der Waals surface area (Å²) >= 11 is 0. The highest BCUT2D eigenvalue weighted by Crippen LogP contribution is 2.13. The van der Waals surface area contributed by atoms with E-state index in [9.17, 15) is 9.59 Å². The topological polar surface area (TPSA) is 111 Å². The molecular formula is C27H54N4O2. The van der Waals surface area contributed by atoms with Crippen molar-refractivity contribution in [1.29, 1.82) is 0 Å². The van der Waals surface area contributed by atoms with Crippen LogP contribution in [0.1, 0.15) is 142 Å². The summed E-state index contributed by atoms with van der Waals surface area (Å²) in [5.74, 6) is 0.210. The standard InChI is InChI=1S/C27H54N4O2/c1-3-5-7-9-11-12-14-16-18-22-26(33)31-24(20-19-23-30-27(28)29)25(32)21-17-15-13-10-8-6-4-2/h24H,3-23H2,1-2H3,(H,31,33)(H4,28,29,30). The largest absolute Gasteiger partial charge is 0.370 e. The summed E-state index contributed by atoms with van der Waals surface area (Å²) in [4.78, 5) is 29.2. The van der Waals surface area contributed by atoms with E-state index in [0.29, 0.717) is 32.2 Å². The first-order valence-electron chi connectivity index (χ1n) is 13.9. The molecule has 1 atom stereocenters. The number of hydrogen-bond donors (Lipinski definition) is 3. The smallest absolute Gasteiger partial charge is 0.220 e. The van der Waals surface area contributed by atoms with Crippen molar-refractivity contribution in [1.82, 2.24) is 5.32 Å². The zero-order chi connectivity index (χ0) is 24.6. The molecule has 0 aromatic heterocycles. The van der Waals surface area contributed by atoms with Gasteiger partial charge in [-0.1, -0.05) is 104 Å². The van der Waals surface area contributed by atoms with Crippen LogP contribution in [0, 0.1) is 0 Å². The number of aliphatic imine (C=N–C) groups is 1. The van der Waals surface area contributed by atoms with Crippen molar-refractivity contribution < 1.29 is 9.59 Å². The van der Waals surface area contributed by atoms with Crippen LogP contribution in [0.2, 0.25) is 0 Å². The Hall–Kier alpha value is -1.59. The lowest BCUT2D eigenvalue weighted by atomic mass is 10.00. The molecule has 1 unspecified atom stereocenters. The van der Waals surface area contributed by atoms with Gasteiger partial charge in [-0.05, 0) is 25.7 Å². The third-order valence-corrected chi connectivity index (χ3v) is 6.20. The van der Waals surface area contributed by atoms with Gasteiger partial charge in [-0.3, -0.25) is 14.6 Å². The Morgan fingerprint density at radius 2 is 1.12 bits per heavy atom. The highest BCUT2D eigenvalue weighted by atomic mass is 16.2. The van der Waals surface area contributed by atoms with Gasteiger partial charge in [-0.25, -0.2) is 0 Å². The van der Waals surface area contributed by atoms with Crippen LogP contribution in [0.15, 0.2) is 4.99 Å². The van der Waals surface area contributed by atoms with Gasteiger partial charge in [0.05, 0.1) is 6.04 Å². The van der Waals surface area contributed by atoms with Crippen molar-refractivity contribution in [2.24, 2.45) is 16.5 Å². The summed E-state index contributed by atoms with van der Waals surface area (Å²) in [7, 11) is 0. The lowest BCUT2D eigenvalue weighted by Gasteiger charge is -2.17. The zero-order valence-electron chi connectivity index (χ0n) is 21.8. The molecule has 0 saturated carbocycles. The predicted molar refractivity (Wildman–Crippen MR) is 141 cm³/mol. The molecule has 0 bridgehead atoms. The molecule has 6 heteroatoms. The molecule has 0 aliphatic rings. The molecule has 0 aromatic rings. The van der Waals surface area contributed by atoms with Crippen LogP contribution in [0.3, 0.4) is 0 Å². The fourth-order valence-corrected chi connectivity index (χ4v) is 4.11. The van der Waals surface area contributed by atoms with E-state index in [0.717, 1.165) is 25.7 Å². The Kier molecular flexibility index (Phi) is 22.4. The van der Waals surface area contributed by atoms with Crippen LogP contribution in [-0.2, 0) is 9.59 Å². The molecule has 0 rings (SSSR count). The fraction of sp³-hybridized carbons (Fsp3) is 0.889. The third kappa shape index (κ3) is 22.0. The monoisotopic (exact) mass is 466 g/mol. The van der Waals surface area contributed by atoms with Crippen LogP contribution in [-0.4, -0.2) is 30.2 Å². The van der Waals surface area contributed by atoms with E-state index in [1.165, 1.54) is 77.0 Å². The Morgan fingerprint density at radius 3 is 1.61 bits per heavy atom. The minimum atomic E-state index is -0.412. The summed E-state index contributed by atoms with van der Waals surface area (Å²) in [6.45, 7) is 4.94. The Morgan fingerprint density at radius 1 is 0.667 bits per heavy atom. The van der Waals surface area contributed by atoms with Crippen molar-refractivity contribution in [3.8, 4) is 0 Å². The molecule has 0 spiro atoms. The summed E-state index contributed by atoms with van der Waals surface area (Å²) < 4.78 is 0. The average Bonchev–Trinajstić information content (AvgIpc) is 2.79. The molecule has 0 aliphatic carbocycles. The van der Waals surface area contributed by atoms with E-state index in [4.69, 9.17) is 11.5 Å². The van der Waals surface area contributed by atoms with Gasteiger partial charge in [-0.2, -0.15) is 0 Å². The van der Waals surface area contributed by atoms with Crippen molar-refractivity contribution in [3.63, 3.8) is 0 Å². The van der Waals surface area contributed by atoms with E-state index in [1.807, 2.05) is 0 Å². The quantitative estimate of drug-likeness (QED) is 0.0899. The summed E-state index contributed by atoms with van der Waals surface area (Å²) in [6, 6.07) is -0.412. The first-order chi connectivity index (χ1) is 16.0. The number of Topliss-reactive ketones (excluding diaryl/α,β-unsaturated/α-hetero) is 1. The number of rotatable bonds is 24. The number of ketones is 1. The number of nitrogens with one attached hydrogen (secondary N) is 1. The van der Waals surface area contributed by atoms with Crippen LogP contribution < -0.4 is 16.8 Å². The molecule has 0 aromatic carbocycles. The molecule has 5 N–H and O–H groups in total. The van der Waals surface area contributed by atoms with Gasteiger partial charge in [0, 0.05) is 19.4 Å². The SMILES string of the molecule is CCCCCCCCCCCC(=O)NC(CCCN=C(N)N)C(=O)CCCCCCCCC. The first kappa shape index (κ1) is 31.4. The van der Waals surface area contributed by atoms with Crippen molar-refractivity contribution in [2.45, 2.75) is 148 Å². The van der Waals surface area contributed by atoms with Gasteiger partial charge in [0.1, 0.15) is 0 Å². The minimum absolute atomic E-state index is 0.00213. The van der Waals surface area contributed by atoms with E-state index >= 15 is 0 Å². The van der Waals surface area contributed by atoms with Crippen molar-refractivity contribution in [3.05, 3.63) is 0 Å². The predicted octanol–water partition coefficient (Wildman–Crippen LogP) is 6.16. The molecule has 6 nitrogen and oxygen atoms in total. The van der Waals surface area contributed by atoms with Gasteiger partial charge in [0.15, 0.2) is 11.7 Å². The molecule has 0 fully saturated rings. The lowest BCUT2D eigenvalue weighted by molar-refractivity contribution is -0.128. The summed E-state index contributed by atoms with van der Waals surface area (Å²) in [6.07, 6.45) is 21.6. The maximum Gasteiger partial charge on any atom is 0.220 e. The fourth-order valence-electron chi connectivity index (χ4n) is 4.11. The number of carbonyl (C=O) groups excluding carboxylic acids is 2. The zero-order valence-corrected chi connectivity index (χ0v) is 21.8. The molecule has 0 heterocycles. The number of amides is 1. The number of carbonyl (C=O) groups is 2. The molecule has 1 amide bonds. The molecular weight excluding hydrogens is 412 g/mol. The molecule has 0 aliphatic heterocycles. The molecule has 194 valence electrons. The number of unbranched alkanes of at least 4 members (excludes halogenated alkanes) is 14. The van der Waals surface area contributed by atoms with Crippen LogP contribution >= 0.6 is 0 Å². The van der Waals surface area contributed by atoms with Gasteiger partial charge in [-0.15, -0.1) is 0 Å². The molecule has 33 heavy (non-hydrogen) atoms. The Labute approximate surface area is 204 Å². The second kappa shape index (κ2) is 23.6. The van der Waals surface area contributed by atoms with Crippen LogP contribution in [0.4, 0.5) is 0 Å². The van der Waals surface area contributed by atoms with Crippen LogP contribution in [0.5, 0.6) is 0 Å². The van der Waals surface area contributed by atoms with Crippen LogP contribution in [0.25, 0.3) is 0 Å². The maximum atomic E-state index is 12.8. The Bertz CT molecular complexity index is 504. The van der Waals surface area contributed by atoms with E-state index < -0.39 is 6.04 Å². The van der Waals surface area contributed by atoms with E-state index in [-0.39, 0.29) is 17.6 Å². The number of nitrogens with two attached hydrogens (primary N) is 2. The molecule has 0 radical (unpaired) electrons. The van der Waals surface area contributed by atoms with Gasteiger partial charge < -0.3 is 16.8 Å². The highest BCUT2D eigenvalue weighted by Gasteiger charge is 2.19.